The second kappa shape index (κ2) is 5.67. The van der Waals surface area contributed by atoms with Gasteiger partial charge in [0.15, 0.2) is 0 Å². The molecule has 18 heavy (non-hydrogen) atoms. The Morgan fingerprint density at radius 2 is 2.11 bits per heavy atom. The van der Waals surface area contributed by atoms with Gasteiger partial charge in [0.1, 0.15) is 15.7 Å². The van der Waals surface area contributed by atoms with Gasteiger partial charge in [0, 0.05) is 17.3 Å². The standard InChI is InChI=1S/C11H13ClFNO3S/c1-7(6-18(2,16)17)14-11(15)9-5-8(12)3-4-10(9)13/h3-5,7H,6H2,1-2H3,(H,14,15). The lowest BCUT2D eigenvalue weighted by atomic mass is 10.2. The van der Waals surface area contributed by atoms with Gasteiger partial charge in [-0.2, -0.15) is 0 Å². The van der Waals surface area contributed by atoms with E-state index in [0.29, 0.717) is 0 Å². The zero-order valence-electron chi connectivity index (χ0n) is 9.91. The number of halogens is 2. The third-order valence-electron chi connectivity index (χ3n) is 2.10. The number of nitrogens with one attached hydrogen (secondary N) is 1. The summed E-state index contributed by atoms with van der Waals surface area (Å²) in [5.41, 5.74) is -0.206. The van der Waals surface area contributed by atoms with Crippen molar-refractivity contribution in [1.82, 2.24) is 5.32 Å². The van der Waals surface area contributed by atoms with E-state index >= 15 is 0 Å². The van der Waals surface area contributed by atoms with Crippen molar-refractivity contribution < 1.29 is 17.6 Å². The van der Waals surface area contributed by atoms with Crippen LogP contribution in [0, 0.1) is 5.82 Å². The van der Waals surface area contributed by atoms with Crippen LogP contribution >= 0.6 is 11.6 Å². The zero-order valence-corrected chi connectivity index (χ0v) is 11.5. The summed E-state index contributed by atoms with van der Waals surface area (Å²) >= 11 is 5.66. The molecule has 0 fully saturated rings. The number of sulfone groups is 1. The van der Waals surface area contributed by atoms with Gasteiger partial charge in [0.05, 0.1) is 11.3 Å². The third kappa shape index (κ3) is 4.62. The molecule has 0 saturated heterocycles. The molecule has 0 aliphatic heterocycles. The third-order valence-corrected chi connectivity index (χ3v) is 3.44. The summed E-state index contributed by atoms with van der Waals surface area (Å²) in [5.74, 6) is -1.60. The predicted molar refractivity (Wildman–Crippen MR) is 68.0 cm³/mol. The molecule has 0 aliphatic rings. The molecule has 0 saturated carbocycles. The fourth-order valence-electron chi connectivity index (χ4n) is 1.47. The Morgan fingerprint density at radius 3 is 2.67 bits per heavy atom. The molecular formula is C11H13ClFNO3S. The highest BCUT2D eigenvalue weighted by molar-refractivity contribution is 7.90. The molecule has 0 aromatic heterocycles. The summed E-state index contributed by atoms with van der Waals surface area (Å²) in [4.78, 5) is 11.7. The number of hydrogen-bond donors (Lipinski definition) is 1. The molecule has 0 aliphatic carbocycles. The Bertz CT molecular complexity index is 559. The van der Waals surface area contributed by atoms with Gasteiger partial charge in [0.2, 0.25) is 0 Å². The van der Waals surface area contributed by atoms with Crippen LogP contribution in [0.1, 0.15) is 17.3 Å². The van der Waals surface area contributed by atoms with Crippen molar-refractivity contribution in [2.24, 2.45) is 0 Å². The van der Waals surface area contributed by atoms with E-state index in [-0.39, 0.29) is 16.3 Å². The van der Waals surface area contributed by atoms with Gasteiger partial charge in [-0.3, -0.25) is 4.79 Å². The summed E-state index contributed by atoms with van der Waals surface area (Å²) in [7, 11) is -3.20. The van der Waals surface area contributed by atoms with Gasteiger partial charge >= 0.3 is 0 Å². The lowest BCUT2D eigenvalue weighted by molar-refractivity contribution is 0.0939. The lowest BCUT2D eigenvalue weighted by Gasteiger charge is -2.13. The average molecular weight is 294 g/mol. The zero-order chi connectivity index (χ0) is 13.9. The van der Waals surface area contributed by atoms with E-state index in [0.717, 1.165) is 12.3 Å². The van der Waals surface area contributed by atoms with Crippen molar-refractivity contribution in [2.45, 2.75) is 13.0 Å². The topological polar surface area (TPSA) is 63.2 Å². The fraction of sp³-hybridized carbons (Fsp3) is 0.364. The molecule has 0 bridgehead atoms. The largest absolute Gasteiger partial charge is 0.348 e. The van der Waals surface area contributed by atoms with E-state index in [1.807, 2.05) is 0 Å². The molecule has 1 unspecified atom stereocenters. The molecule has 1 N–H and O–H groups in total. The highest BCUT2D eigenvalue weighted by Gasteiger charge is 2.17. The molecule has 100 valence electrons. The van der Waals surface area contributed by atoms with Crippen LogP contribution in [0.15, 0.2) is 18.2 Å². The van der Waals surface area contributed by atoms with Crippen LogP contribution in [0.5, 0.6) is 0 Å². The van der Waals surface area contributed by atoms with Crippen LogP contribution in [0.3, 0.4) is 0 Å². The minimum Gasteiger partial charge on any atom is -0.348 e. The second-order valence-corrected chi connectivity index (χ2v) is 6.71. The van der Waals surface area contributed by atoms with E-state index < -0.39 is 27.6 Å². The van der Waals surface area contributed by atoms with Crippen molar-refractivity contribution in [3.8, 4) is 0 Å². The van der Waals surface area contributed by atoms with Gasteiger partial charge in [-0.15, -0.1) is 0 Å². The number of carbonyl (C=O) groups excluding carboxylic acids is 1. The van der Waals surface area contributed by atoms with Crippen LogP contribution < -0.4 is 5.32 Å². The Labute approximate surface area is 110 Å². The first kappa shape index (κ1) is 14.9. The number of benzene rings is 1. The molecule has 4 nitrogen and oxygen atoms in total. The van der Waals surface area contributed by atoms with E-state index in [2.05, 4.69) is 5.32 Å². The highest BCUT2D eigenvalue weighted by Crippen LogP contribution is 2.14. The summed E-state index contributed by atoms with van der Waals surface area (Å²) in [6.07, 6.45) is 1.07. The van der Waals surface area contributed by atoms with Gasteiger partial charge in [-0.05, 0) is 25.1 Å². The minimum atomic E-state index is -3.20. The summed E-state index contributed by atoms with van der Waals surface area (Å²) in [5, 5.41) is 2.64. The van der Waals surface area contributed by atoms with Crippen molar-refractivity contribution in [2.75, 3.05) is 12.0 Å². The van der Waals surface area contributed by atoms with Crippen molar-refractivity contribution in [3.63, 3.8) is 0 Å². The average Bonchev–Trinajstić information content (AvgIpc) is 2.18. The Balaban J connectivity index is 2.80. The van der Waals surface area contributed by atoms with Gasteiger partial charge < -0.3 is 5.32 Å². The summed E-state index contributed by atoms with van der Waals surface area (Å²) in [6, 6.07) is 3.00. The van der Waals surface area contributed by atoms with Crippen LogP contribution in [-0.4, -0.2) is 32.4 Å². The normalized spacial score (nSPS) is 13.1. The Morgan fingerprint density at radius 1 is 1.50 bits per heavy atom. The minimum absolute atomic E-state index is 0.206. The van der Waals surface area contributed by atoms with Crippen molar-refractivity contribution in [3.05, 3.63) is 34.6 Å². The quantitative estimate of drug-likeness (QED) is 0.918. The van der Waals surface area contributed by atoms with E-state index in [1.54, 1.807) is 0 Å². The van der Waals surface area contributed by atoms with Gasteiger partial charge in [-0.25, -0.2) is 12.8 Å². The number of rotatable bonds is 4. The Hall–Kier alpha value is -1.14. The van der Waals surface area contributed by atoms with Crippen LogP contribution in [0.4, 0.5) is 4.39 Å². The first-order chi connectivity index (χ1) is 8.19. The van der Waals surface area contributed by atoms with Crippen LogP contribution in [0.25, 0.3) is 0 Å². The molecule has 0 radical (unpaired) electrons. The molecule has 1 aromatic rings. The Kier molecular flexibility index (Phi) is 4.70. The van der Waals surface area contributed by atoms with Crippen molar-refractivity contribution >= 4 is 27.3 Å². The molecular weight excluding hydrogens is 281 g/mol. The van der Waals surface area contributed by atoms with Gasteiger partial charge in [-0.1, -0.05) is 11.6 Å². The molecule has 1 atom stereocenters. The fourth-order valence-corrected chi connectivity index (χ4v) is 2.63. The van der Waals surface area contributed by atoms with Gasteiger partial charge in [0.25, 0.3) is 5.91 Å². The lowest BCUT2D eigenvalue weighted by Crippen LogP contribution is -2.37. The summed E-state index contributed by atoms with van der Waals surface area (Å²) < 4.78 is 35.4. The molecule has 0 heterocycles. The molecule has 1 aromatic carbocycles. The van der Waals surface area contributed by atoms with Crippen molar-refractivity contribution in [1.29, 1.82) is 0 Å². The molecule has 1 rings (SSSR count). The highest BCUT2D eigenvalue weighted by atomic mass is 35.5. The molecule has 0 spiro atoms. The maximum absolute atomic E-state index is 13.4. The maximum Gasteiger partial charge on any atom is 0.254 e. The van der Waals surface area contributed by atoms with E-state index in [1.165, 1.54) is 19.1 Å². The maximum atomic E-state index is 13.4. The summed E-state index contributed by atoms with van der Waals surface area (Å²) in [6.45, 7) is 1.53. The van der Waals surface area contributed by atoms with E-state index in [9.17, 15) is 17.6 Å². The predicted octanol–water partition coefficient (Wildman–Crippen LogP) is 1.64. The number of hydrogen-bond acceptors (Lipinski definition) is 3. The smallest absolute Gasteiger partial charge is 0.254 e. The van der Waals surface area contributed by atoms with E-state index in [4.69, 9.17) is 11.6 Å². The first-order valence-corrected chi connectivity index (χ1v) is 7.56. The monoisotopic (exact) mass is 293 g/mol. The molecule has 7 heteroatoms. The van der Waals surface area contributed by atoms with Crippen LogP contribution in [0.2, 0.25) is 5.02 Å². The second-order valence-electron chi connectivity index (χ2n) is 4.09. The number of carbonyl (C=O) groups is 1. The first-order valence-electron chi connectivity index (χ1n) is 5.12. The number of amides is 1. The molecule has 1 amide bonds. The SMILES string of the molecule is CC(CS(C)(=O)=O)NC(=O)c1cc(Cl)ccc1F. The van der Waals surface area contributed by atoms with Crippen LogP contribution in [-0.2, 0) is 9.84 Å².